The molecule has 9 nitrogen and oxygen atoms in total. The highest BCUT2D eigenvalue weighted by Crippen LogP contribution is 2.38. The van der Waals surface area contributed by atoms with Crippen LogP contribution >= 0.6 is 7.82 Å². The first kappa shape index (κ1) is 86.9. The second-order valence-corrected chi connectivity index (χ2v) is 25.9. The summed E-state index contributed by atoms with van der Waals surface area (Å²) < 4.78 is 34.3. The zero-order valence-corrected chi connectivity index (χ0v) is 59.8. The van der Waals surface area contributed by atoms with E-state index >= 15 is 0 Å². The summed E-state index contributed by atoms with van der Waals surface area (Å²) in [5.41, 5.74) is 0. The van der Waals surface area contributed by atoms with Gasteiger partial charge in [-0.05, 0) is 141 Å². The van der Waals surface area contributed by atoms with E-state index in [-0.39, 0.29) is 26.1 Å². The minimum Gasteiger partial charge on any atom is -0.756 e. The molecule has 0 fully saturated rings. The van der Waals surface area contributed by atoms with Crippen molar-refractivity contribution in [2.75, 3.05) is 47.5 Å². The molecule has 92 heavy (non-hydrogen) atoms. The summed E-state index contributed by atoms with van der Waals surface area (Å²) in [6, 6.07) is 0. The van der Waals surface area contributed by atoms with E-state index in [4.69, 9.17) is 18.5 Å². The quantitative estimate of drug-likeness (QED) is 0.0195. The molecule has 0 aromatic carbocycles. The molecule has 0 aromatic heterocycles. The third kappa shape index (κ3) is 73.9. The van der Waals surface area contributed by atoms with Gasteiger partial charge in [0.15, 0.2) is 6.10 Å². The number of phosphoric ester groups is 1. The summed E-state index contributed by atoms with van der Waals surface area (Å²) in [5.74, 6) is -0.861. The van der Waals surface area contributed by atoms with Gasteiger partial charge in [-0.3, -0.25) is 14.2 Å². The molecule has 0 amide bonds. The third-order valence-electron chi connectivity index (χ3n) is 14.6. The average molecular weight is 1290 g/mol. The summed E-state index contributed by atoms with van der Waals surface area (Å²) in [6.45, 7) is 3.98. The monoisotopic (exact) mass is 1290 g/mol. The Morgan fingerprint density at radius 1 is 0.337 bits per heavy atom. The number of allylic oxidation sites excluding steroid dienone is 32. The lowest BCUT2D eigenvalue weighted by Crippen LogP contribution is -2.37. The molecule has 518 valence electrons. The number of esters is 2. The van der Waals surface area contributed by atoms with Crippen LogP contribution in [0.2, 0.25) is 0 Å². The molecule has 0 N–H and O–H groups in total. The highest BCUT2D eigenvalue weighted by atomic mass is 31.2. The van der Waals surface area contributed by atoms with Gasteiger partial charge in [0.05, 0.1) is 27.7 Å². The van der Waals surface area contributed by atoms with E-state index in [0.29, 0.717) is 23.9 Å². The van der Waals surface area contributed by atoms with Crippen molar-refractivity contribution in [1.82, 2.24) is 0 Å². The van der Waals surface area contributed by atoms with Crippen LogP contribution in [0.15, 0.2) is 194 Å². The number of ether oxygens (including phenoxy) is 2. The molecule has 2 unspecified atom stereocenters. The summed E-state index contributed by atoms with van der Waals surface area (Å²) in [5, 5.41) is 0. The van der Waals surface area contributed by atoms with Crippen LogP contribution in [0, 0.1) is 0 Å². The highest BCUT2D eigenvalue weighted by Gasteiger charge is 2.22. The lowest BCUT2D eigenvalue weighted by molar-refractivity contribution is -0.870. The van der Waals surface area contributed by atoms with Crippen LogP contribution in [-0.2, 0) is 32.7 Å². The van der Waals surface area contributed by atoms with E-state index in [1.165, 1.54) is 57.8 Å². The Balaban J connectivity index is 4.16. The fourth-order valence-electron chi connectivity index (χ4n) is 9.16. The van der Waals surface area contributed by atoms with Crippen LogP contribution in [-0.4, -0.2) is 70.0 Å². The first-order valence-corrected chi connectivity index (χ1v) is 37.6. The van der Waals surface area contributed by atoms with E-state index in [1.54, 1.807) is 0 Å². The minimum atomic E-state index is -4.66. The number of carbonyl (C=O) groups is 2. The lowest BCUT2D eigenvalue weighted by Gasteiger charge is -2.28. The lowest BCUT2D eigenvalue weighted by atomic mass is 10.0. The third-order valence-corrected chi connectivity index (χ3v) is 15.6. The van der Waals surface area contributed by atoms with Crippen LogP contribution in [0.4, 0.5) is 0 Å². The molecule has 0 aromatic rings. The normalized spacial score (nSPS) is 14.3. The van der Waals surface area contributed by atoms with Gasteiger partial charge in [0.25, 0.3) is 7.82 Å². The molecule has 0 saturated carbocycles. The standard InChI is InChI=1S/C82H132NO8P/c1-6-8-10-12-14-16-18-20-22-24-26-28-30-32-34-36-38-40-41-43-45-47-49-51-53-55-57-59-61-63-65-67-69-71-73-75-82(85)91-80(79-90-92(86,87)89-77-76-83(3,4)5)78-88-81(84)74-72-70-68-66-64-62-60-58-56-54-52-50-48-46-44-42-39-37-35-33-31-29-27-25-23-21-19-17-15-13-11-9-7-2/h8-11,14-17,20-23,26-29,32-35,38-40,42-43,45-46,48-49,51,55,57,80H,6-7,12-13,18-19,24-25,30-31,36-37,41,44,47,50,52-54,56,58-79H2,1-5H3/b10-8-,11-9-,16-14-,17-15-,22-20-,23-21-,28-26-,29-27-,34-32-,35-33-,40-38-,42-39-,45-43-,48-46-,51-49-,57-55-. The number of phosphoric acid groups is 1. The first-order chi connectivity index (χ1) is 45.0. The number of hydrogen-bond acceptors (Lipinski definition) is 8. The number of nitrogens with zero attached hydrogens (tertiary/aromatic N) is 1. The molecule has 0 spiro atoms. The van der Waals surface area contributed by atoms with Crippen LogP contribution < -0.4 is 4.89 Å². The molecule has 10 heteroatoms. The predicted molar refractivity (Wildman–Crippen MR) is 396 cm³/mol. The predicted octanol–water partition coefficient (Wildman–Crippen LogP) is 23.4. The smallest absolute Gasteiger partial charge is 0.306 e. The molecule has 0 aliphatic carbocycles. The topological polar surface area (TPSA) is 111 Å². The highest BCUT2D eigenvalue weighted by molar-refractivity contribution is 7.45. The summed E-state index contributed by atoms with van der Waals surface area (Å²) in [4.78, 5) is 38.1. The van der Waals surface area contributed by atoms with Crippen LogP contribution in [0.1, 0.15) is 258 Å². The Bertz CT molecular complexity index is 2260. The minimum absolute atomic E-state index is 0.0440. The Kier molecular flexibility index (Phi) is 66.2. The van der Waals surface area contributed by atoms with Crippen molar-refractivity contribution in [3.8, 4) is 0 Å². The number of quaternary nitrogens is 1. The maximum Gasteiger partial charge on any atom is 0.306 e. The van der Waals surface area contributed by atoms with E-state index in [1.807, 2.05) is 21.1 Å². The van der Waals surface area contributed by atoms with Gasteiger partial charge in [-0.1, -0.05) is 298 Å². The number of hydrogen-bond donors (Lipinski definition) is 0. The number of carbonyl (C=O) groups excluding carboxylic acids is 2. The molecule has 0 aliphatic rings. The van der Waals surface area contributed by atoms with Crippen LogP contribution in [0.25, 0.3) is 0 Å². The number of unbranched alkanes of at least 4 members (excludes halogenated alkanes) is 18. The van der Waals surface area contributed by atoms with Crippen molar-refractivity contribution in [2.24, 2.45) is 0 Å². The summed E-state index contributed by atoms with van der Waals surface area (Å²) in [6.07, 6.45) is 109. The molecule has 0 saturated heterocycles. The molecule has 0 radical (unpaired) electrons. The van der Waals surface area contributed by atoms with Crippen molar-refractivity contribution >= 4 is 19.8 Å². The second-order valence-electron chi connectivity index (χ2n) is 24.5. The van der Waals surface area contributed by atoms with Crippen LogP contribution in [0.3, 0.4) is 0 Å². The van der Waals surface area contributed by atoms with Gasteiger partial charge < -0.3 is 27.9 Å². The van der Waals surface area contributed by atoms with Crippen molar-refractivity contribution in [3.63, 3.8) is 0 Å². The maximum absolute atomic E-state index is 12.9. The van der Waals surface area contributed by atoms with E-state index in [2.05, 4.69) is 208 Å². The fourth-order valence-corrected chi connectivity index (χ4v) is 9.89. The Labute approximate surface area is 564 Å². The van der Waals surface area contributed by atoms with Gasteiger partial charge in [-0.25, -0.2) is 0 Å². The first-order valence-electron chi connectivity index (χ1n) is 36.1. The van der Waals surface area contributed by atoms with Crippen LogP contribution in [0.5, 0.6) is 0 Å². The van der Waals surface area contributed by atoms with E-state index in [0.717, 1.165) is 161 Å². The molecule has 0 heterocycles. The number of likely N-dealkylation sites (N-methyl/N-ethyl adjacent to an activating group) is 1. The summed E-state index contributed by atoms with van der Waals surface area (Å²) in [7, 11) is 1.13. The van der Waals surface area contributed by atoms with Gasteiger partial charge >= 0.3 is 11.9 Å². The van der Waals surface area contributed by atoms with Gasteiger partial charge in [0.2, 0.25) is 0 Å². The molecular weight excluding hydrogens is 1160 g/mol. The molecule has 0 bridgehead atoms. The largest absolute Gasteiger partial charge is 0.756 e. The molecule has 0 rings (SSSR count). The zero-order valence-electron chi connectivity index (χ0n) is 58.9. The number of rotatable bonds is 64. The average Bonchev–Trinajstić information content (AvgIpc) is 2.14. The van der Waals surface area contributed by atoms with Gasteiger partial charge in [-0.2, -0.15) is 0 Å². The molecule has 0 aliphatic heterocycles. The van der Waals surface area contributed by atoms with Gasteiger partial charge in [-0.15, -0.1) is 0 Å². The van der Waals surface area contributed by atoms with E-state index < -0.39 is 32.5 Å². The molecular formula is C82H132NO8P. The van der Waals surface area contributed by atoms with Gasteiger partial charge in [0, 0.05) is 12.8 Å². The zero-order chi connectivity index (χ0) is 66.9. The van der Waals surface area contributed by atoms with Crippen molar-refractivity contribution in [1.29, 1.82) is 0 Å². The van der Waals surface area contributed by atoms with Gasteiger partial charge in [0.1, 0.15) is 19.8 Å². The second kappa shape index (κ2) is 70.2. The SMILES string of the molecule is CC/C=C\C/C=C\C/C=C\C/C=C\C/C=C\C/C=C\C/C=C\C/C=C\C/C=C\CCCCCCCCCC(=O)OC(COC(=O)CCCCCCCCCCCCC/C=C\C/C=C\C/C=C\C/C=C\C/C=C\C/C=C\C/C=C\CC)COP(=O)([O-])OCC[N+](C)(C)C. The van der Waals surface area contributed by atoms with E-state index in [9.17, 15) is 19.0 Å². The van der Waals surface area contributed by atoms with Crippen molar-refractivity contribution in [2.45, 2.75) is 264 Å². The Hall–Kier alpha value is -5.15. The maximum atomic E-state index is 12.9. The van der Waals surface area contributed by atoms with Crippen molar-refractivity contribution < 1.29 is 42.1 Å². The summed E-state index contributed by atoms with van der Waals surface area (Å²) >= 11 is 0. The Morgan fingerprint density at radius 2 is 0.587 bits per heavy atom. The van der Waals surface area contributed by atoms with Crippen molar-refractivity contribution in [3.05, 3.63) is 194 Å². The molecule has 2 atom stereocenters. The Morgan fingerprint density at radius 3 is 0.870 bits per heavy atom. The fraction of sp³-hybridized carbons (Fsp3) is 0.585.